The molecule has 2 fully saturated rings. The van der Waals surface area contributed by atoms with Crippen LogP contribution in [0, 0.1) is 0 Å². The van der Waals surface area contributed by atoms with E-state index in [0.717, 1.165) is 37.3 Å². The van der Waals surface area contributed by atoms with Gasteiger partial charge >= 0.3 is 0 Å². The number of anilines is 1. The molecule has 1 aliphatic heterocycles. The normalized spacial score (nSPS) is 26.2. The predicted octanol–water partition coefficient (Wildman–Crippen LogP) is 3.33. The van der Waals surface area contributed by atoms with E-state index >= 15 is 0 Å². The van der Waals surface area contributed by atoms with Crippen LogP contribution < -0.4 is 14.4 Å². The van der Waals surface area contributed by atoms with Gasteiger partial charge in [-0.25, -0.2) is 18.1 Å². The SMILES string of the molecule is COc1ccnc(N2CC[C@H](NS(C)(=O)=O)[C@@H]2CO[C@H]2CC[C@@H](c3ccccc3)CC2)c1. The van der Waals surface area contributed by atoms with Crippen molar-refractivity contribution < 1.29 is 17.9 Å². The average molecular weight is 460 g/mol. The Hall–Kier alpha value is -2.16. The molecule has 2 aliphatic rings. The van der Waals surface area contributed by atoms with E-state index in [-0.39, 0.29) is 18.2 Å². The summed E-state index contributed by atoms with van der Waals surface area (Å²) in [6.45, 7) is 1.18. The number of aromatic nitrogens is 1. The minimum Gasteiger partial charge on any atom is -0.497 e. The second-order valence-corrected chi connectivity index (χ2v) is 10.6. The van der Waals surface area contributed by atoms with Crippen molar-refractivity contribution in [3.05, 3.63) is 54.2 Å². The maximum Gasteiger partial charge on any atom is 0.209 e. The second kappa shape index (κ2) is 10.2. The van der Waals surface area contributed by atoms with Crippen LogP contribution in [0.3, 0.4) is 0 Å². The maximum atomic E-state index is 11.9. The van der Waals surface area contributed by atoms with Crippen molar-refractivity contribution >= 4 is 15.8 Å². The molecular weight excluding hydrogens is 426 g/mol. The van der Waals surface area contributed by atoms with Crippen molar-refractivity contribution in [3.63, 3.8) is 0 Å². The first-order chi connectivity index (χ1) is 15.4. The highest BCUT2D eigenvalue weighted by molar-refractivity contribution is 7.88. The molecular formula is C24H33N3O4S. The summed E-state index contributed by atoms with van der Waals surface area (Å²) >= 11 is 0. The van der Waals surface area contributed by atoms with Gasteiger partial charge in [0.2, 0.25) is 10.0 Å². The largest absolute Gasteiger partial charge is 0.497 e. The van der Waals surface area contributed by atoms with Gasteiger partial charge in [-0.15, -0.1) is 0 Å². The zero-order chi connectivity index (χ0) is 22.6. The van der Waals surface area contributed by atoms with Crippen LogP contribution in [0.25, 0.3) is 0 Å². The number of sulfonamides is 1. The molecule has 0 unspecified atom stereocenters. The molecule has 0 spiro atoms. The predicted molar refractivity (Wildman–Crippen MR) is 126 cm³/mol. The zero-order valence-corrected chi connectivity index (χ0v) is 19.6. The highest BCUT2D eigenvalue weighted by atomic mass is 32.2. The smallest absolute Gasteiger partial charge is 0.209 e. The third-order valence-corrected chi connectivity index (χ3v) is 7.34. The fourth-order valence-electron chi connectivity index (χ4n) is 4.96. The van der Waals surface area contributed by atoms with Gasteiger partial charge in [0.25, 0.3) is 0 Å². The quantitative estimate of drug-likeness (QED) is 0.652. The highest BCUT2D eigenvalue weighted by Gasteiger charge is 2.37. The van der Waals surface area contributed by atoms with Gasteiger partial charge in [0.15, 0.2) is 0 Å². The lowest BCUT2D eigenvalue weighted by molar-refractivity contribution is 0.0156. The van der Waals surface area contributed by atoms with Gasteiger partial charge < -0.3 is 14.4 Å². The van der Waals surface area contributed by atoms with Crippen molar-refractivity contribution in [2.45, 2.75) is 56.2 Å². The minimum atomic E-state index is -3.32. The Bertz CT molecular complexity index is 978. The van der Waals surface area contributed by atoms with Crippen LogP contribution in [0.1, 0.15) is 43.6 Å². The Morgan fingerprint density at radius 1 is 1.09 bits per heavy atom. The lowest BCUT2D eigenvalue weighted by Gasteiger charge is -2.33. The van der Waals surface area contributed by atoms with E-state index in [4.69, 9.17) is 9.47 Å². The van der Waals surface area contributed by atoms with Crippen LogP contribution in [0.2, 0.25) is 0 Å². The molecule has 1 aromatic heterocycles. The van der Waals surface area contributed by atoms with Gasteiger partial charge in [-0.1, -0.05) is 30.3 Å². The molecule has 2 heterocycles. The van der Waals surface area contributed by atoms with Crippen LogP contribution in [0.15, 0.2) is 48.7 Å². The first kappa shape index (κ1) is 23.0. The number of hydrogen-bond donors (Lipinski definition) is 1. The van der Waals surface area contributed by atoms with E-state index in [9.17, 15) is 8.42 Å². The molecule has 1 saturated carbocycles. The fourth-order valence-corrected chi connectivity index (χ4v) is 5.79. The van der Waals surface area contributed by atoms with Crippen LogP contribution in [0.4, 0.5) is 5.82 Å². The third-order valence-electron chi connectivity index (χ3n) is 6.61. The molecule has 32 heavy (non-hydrogen) atoms. The number of nitrogens with one attached hydrogen (secondary N) is 1. The van der Waals surface area contributed by atoms with Gasteiger partial charge in [-0.3, -0.25) is 0 Å². The topological polar surface area (TPSA) is 80.8 Å². The van der Waals surface area contributed by atoms with Crippen LogP contribution >= 0.6 is 0 Å². The lowest BCUT2D eigenvalue weighted by Crippen LogP contribution is -2.48. The number of nitrogens with zero attached hydrogens (tertiary/aromatic N) is 2. The van der Waals surface area contributed by atoms with Crippen LogP contribution in [0.5, 0.6) is 5.75 Å². The van der Waals surface area contributed by atoms with Crippen molar-refractivity contribution in [3.8, 4) is 5.75 Å². The van der Waals surface area contributed by atoms with E-state index in [0.29, 0.717) is 25.5 Å². The van der Waals surface area contributed by atoms with Gasteiger partial charge in [0.05, 0.1) is 32.1 Å². The number of pyridine rings is 1. The van der Waals surface area contributed by atoms with Crippen LogP contribution in [-0.2, 0) is 14.8 Å². The fraction of sp³-hybridized carbons (Fsp3) is 0.542. The Labute approximate surface area is 191 Å². The molecule has 2 aromatic rings. The number of benzene rings is 1. The van der Waals surface area contributed by atoms with Crippen molar-refractivity contribution in [2.75, 3.05) is 31.4 Å². The van der Waals surface area contributed by atoms with Crippen LogP contribution in [-0.4, -0.2) is 58.1 Å². The average Bonchev–Trinajstić information content (AvgIpc) is 3.19. The van der Waals surface area contributed by atoms with E-state index in [1.807, 2.05) is 12.1 Å². The monoisotopic (exact) mass is 459 g/mol. The van der Waals surface area contributed by atoms with E-state index in [1.54, 1.807) is 13.3 Å². The summed E-state index contributed by atoms with van der Waals surface area (Å²) in [4.78, 5) is 6.64. The number of hydrogen-bond acceptors (Lipinski definition) is 6. The molecule has 174 valence electrons. The van der Waals surface area contributed by atoms with E-state index in [1.165, 1.54) is 11.8 Å². The zero-order valence-electron chi connectivity index (χ0n) is 18.8. The molecule has 0 amide bonds. The van der Waals surface area contributed by atoms with Gasteiger partial charge in [0.1, 0.15) is 11.6 Å². The molecule has 7 nitrogen and oxygen atoms in total. The summed E-state index contributed by atoms with van der Waals surface area (Å²) in [5, 5.41) is 0. The summed E-state index contributed by atoms with van der Waals surface area (Å²) in [6, 6.07) is 14.1. The Balaban J connectivity index is 1.41. The van der Waals surface area contributed by atoms with Gasteiger partial charge in [0, 0.05) is 24.8 Å². The van der Waals surface area contributed by atoms with E-state index in [2.05, 4.69) is 44.9 Å². The Kier molecular flexibility index (Phi) is 7.33. The van der Waals surface area contributed by atoms with Crippen molar-refractivity contribution in [2.24, 2.45) is 0 Å². The summed E-state index contributed by atoms with van der Waals surface area (Å²) < 4.78 is 38.4. The highest BCUT2D eigenvalue weighted by Crippen LogP contribution is 2.34. The molecule has 8 heteroatoms. The first-order valence-corrected chi connectivity index (χ1v) is 13.2. The lowest BCUT2D eigenvalue weighted by atomic mass is 9.83. The first-order valence-electron chi connectivity index (χ1n) is 11.3. The number of rotatable bonds is 8. The molecule has 2 atom stereocenters. The summed E-state index contributed by atoms with van der Waals surface area (Å²) in [5.74, 6) is 2.11. The molecule has 4 rings (SSSR count). The van der Waals surface area contributed by atoms with Crippen molar-refractivity contribution in [1.29, 1.82) is 0 Å². The molecule has 1 N–H and O–H groups in total. The molecule has 0 bridgehead atoms. The number of methoxy groups -OCH3 is 1. The standard InChI is InChI=1S/C24H33N3O4S/c1-30-21-12-14-25-24(16-21)27-15-13-22(26-32(2,28)29)23(27)17-31-20-10-8-19(9-11-20)18-6-4-3-5-7-18/h3-7,12,14,16,19-20,22-23,26H,8-11,13,15,17H2,1-2H3/t19-,20+,22-,23-/m0/s1. The third kappa shape index (κ3) is 5.79. The second-order valence-electron chi connectivity index (χ2n) is 8.82. The summed E-state index contributed by atoms with van der Waals surface area (Å²) in [6.07, 6.45) is 8.12. The van der Waals surface area contributed by atoms with Gasteiger partial charge in [-0.2, -0.15) is 0 Å². The summed E-state index contributed by atoms with van der Waals surface area (Å²) in [5.41, 5.74) is 1.41. The number of ether oxygens (including phenoxy) is 2. The maximum absolute atomic E-state index is 11.9. The molecule has 0 radical (unpaired) electrons. The van der Waals surface area contributed by atoms with E-state index < -0.39 is 10.0 Å². The molecule has 1 aromatic carbocycles. The Morgan fingerprint density at radius 2 is 1.84 bits per heavy atom. The summed E-state index contributed by atoms with van der Waals surface area (Å²) in [7, 11) is -1.69. The van der Waals surface area contributed by atoms with Gasteiger partial charge in [-0.05, 0) is 49.7 Å². The van der Waals surface area contributed by atoms with Crippen molar-refractivity contribution in [1.82, 2.24) is 9.71 Å². The molecule has 1 saturated heterocycles. The Morgan fingerprint density at radius 3 is 2.53 bits per heavy atom. The minimum absolute atomic E-state index is 0.115. The molecule has 1 aliphatic carbocycles.